The molecule has 8 heteroatoms. The number of amides is 1. The molecule has 1 aromatic heterocycles. The van der Waals surface area contributed by atoms with Crippen LogP contribution in [0.5, 0.6) is 23.0 Å². The Balaban J connectivity index is 1.68. The number of fused-ring (bicyclic) bond motifs is 2. The number of hydrogen-bond acceptors (Lipinski definition) is 6. The van der Waals surface area contributed by atoms with Gasteiger partial charge in [-0.05, 0) is 12.1 Å². The van der Waals surface area contributed by atoms with E-state index in [1.807, 2.05) is 35.9 Å². The largest absolute Gasteiger partial charge is 0.493 e. The lowest BCUT2D eigenvalue weighted by atomic mass is 10.2. The van der Waals surface area contributed by atoms with Crippen LogP contribution in [0, 0.1) is 0 Å². The third kappa shape index (κ3) is 3.12. The van der Waals surface area contributed by atoms with E-state index in [-0.39, 0.29) is 12.5 Å². The molecule has 27 heavy (non-hydrogen) atoms. The molecule has 1 aliphatic heterocycles. The van der Waals surface area contributed by atoms with Crippen LogP contribution in [0.15, 0.2) is 41.4 Å². The topological polar surface area (TPSA) is 71.3 Å². The van der Waals surface area contributed by atoms with Gasteiger partial charge in [0.05, 0.1) is 24.4 Å². The highest BCUT2D eigenvalue weighted by atomic mass is 32.1. The van der Waals surface area contributed by atoms with E-state index in [2.05, 4.69) is 4.99 Å². The van der Waals surface area contributed by atoms with E-state index in [1.165, 1.54) is 11.3 Å². The number of aromatic nitrogens is 1. The van der Waals surface area contributed by atoms with Crippen molar-refractivity contribution < 1.29 is 23.7 Å². The molecule has 140 valence electrons. The average Bonchev–Trinajstić information content (AvgIpc) is 3.01. The first-order valence-electron chi connectivity index (χ1n) is 8.29. The van der Waals surface area contributed by atoms with Crippen LogP contribution in [-0.2, 0) is 11.8 Å². The number of methoxy groups -OCH3 is 2. The molecule has 1 amide bonds. The third-order valence-electron chi connectivity index (χ3n) is 4.30. The zero-order valence-electron chi connectivity index (χ0n) is 15.1. The van der Waals surface area contributed by atoms with Crippen molar-refractivity contribution in [2.24, 2.45) is 12.0 Å². The molecule has 4 rings (SSSR count). The van der Waals surface area contributed by atoms with E-state index in [0.717, 1.165) is 10.2 Å². The summed E-state index contributed by atoms with van der Waals surface area (Å²) in [6.07, 6.45) is -0.769. The van der Waals surface area contributed by atoms with Crippen molar-refractivity contribution >= 4 is 27.5 Å². The van der Waals surface area contributed by atoms with Crippen molar-refractivity contribution in [3.8, 4) is 23.0 Å². The molecule has 0 fully saturated rings. The molecule has 2 heterocycles. The highest BCUT2D eigenvalue weighted by Crippen LogP contribution is 2.33. The van der Waals surface area contributed by atoms with Gasteiger partial charge in [0, 0.05) is 19.2 Å². The molecular weight excluding hydrogens is 368 g/mol. The average molecular weight is 386 g/mol. The molecule has 3 aromatic rings. The fourth-order valence-corrected chi connectivity index (χ4v) is 3.90. The van der Waals surface area contributed by atoms with E-state index in [9.17, 15) is 4.79 Å². The molecule has 0 saturated carbocycles. The molecule has 1 atom stereocenters. The molecule has 0 radical (unpaired) electrons. The van der Waals surface area contributed by atoms with Gasteiger partial charge in [0.1, 0.15) is 6.61 Å². The van der Waals surface area contributed by atoms with Gasteiger partial charge in [-0.2, -0.15) is 4.99 Å². The molecule has 0 spiro atoms. The number of carbonyl (C=O) groups is 1. The van der Waals surface area contributed by atoms with Crippen molar-refractivity contribution in [2.75, 3.05) is 20.8 Å². The molecule has 0 unspecified atom stereocenters. The lowest BCUT2D eigenvalue weighted by Crippen LogP contribution is -2.36. The zero-order chi connectivity index (χ0) is 19.0. The minimum absolute atomic E-state index is 0.135. The molecule has 7 nitrogen and oxygen atoms in total. The minimum atomic E-state index is -0.769. The molecule has 2 aromatic carbocycles. The van der Waals surface area contributed by atoms with Gasteiger partial charge in [0.2, 0.25) is 6.10 Å². The van der Waals surface area contributed by atoms with Crippen molar-refractivity contribution in [3.05, 3.63) is 41.2 Å². The smallest absolute Gasteiger partial charge is 0.292 e. The Morgan fingerprint density at radius 3 is 2.63 bits per heavy atom. The number of aryl methyl sites for hydroxylation is 1. The maximum atomic E-state index is 12.6. The summed E-state index contributed by atoms with van der Waals surface area (Å²) in [5.41, 5.74) is 0.898. The van der Waals surface area contributed by atoms with Crippen LogP contribution in [0.4, 0.5) is 0 Å². The van der Waals surface area contributed by atoms with Gasteiger partial charge in [0.25, 0.3) is 5.91 Å². The van der Waals surface area contributed by atoms with Crippen molar-refractivity contribution in [2.45, 2.75) is 6.10 Å². The van der Waals surface area contributed by atoms with Crippen LogP contribution >= 0.6 is 11.3 Å². The van der Waals surface area contributed by atoms with Gasteiger partial charge in [-0.3, -0.25) is 4.79 Å². The fraction of sp³-hybridized carbons (Fsp3) is 0.263. The highest BCUT2D eigenvalue weighted by Gasteiger charge is 2.27. The molecule has 1 aliphatic rings. The van der Waals surface area contributed by atoms with E-state index < -0.39 is 6.10 Å². The summed E-state index contributed by atoms with van der Waals surface area (Å²) in [5, 5.41) is 0. The van der Waals surface area contributed by atoms with E-state index in [0.29, 0.717) is 27.8 Å². The Kier molecular flexibility index (Phi) is 4.49. The number of benzene rings is 2. The SMILES string of the molecule is COc1cc2sc(=NC(=O)[C@@H]3COc4ccccc4O3)n(C)c2cc1OC. The Morgan fingerprint density at radius 2 is 1.89 bits per heavy atom. The van der Waals surface area contributed by atoms with Gasteiger partial charge < -0.3 is 23.5 Å². The van der Waals surface area contributed by atoms with E-state index in [1.54, 1.807) is 26.4 Å². The Hall–Kier alpha value is -3.00. The normalized spacial score (nSPS) is 16.4. The predicted molar refractivity (Wildman–Crippen MR) is 101 cm³/mol. The zero-order valence-corrected chi connectivity index (χ0v) is 15.9. The van der Waals surface area contributed by atoms with Crippen LogP contribution < -0.4 is 23.7 Å². The number of hydrogen-bond donors (Lipinski definition) is 0. The molecule has 0 bridgehead atoms. The van der Waals surface area contributed by atoms with Crippen LogP contribution in [0.25, 0.3) is 10.2 Å². The fourth-order valence-electron chi connectivity index (χ4n) is 2.87. The van der Waals surface area contributed by atoms with Gasteiger partial charge in [0.15, 0.2) is 27.8 Å². The lowest BCUT2D eigenvalue weighted by Gasteiger charge is -2.23. The number of para-hydroxylation sites is 2. The number of ether oxygens (including phenoxy) is 4. The Bertz CT molecular complexity index is 1090. The number of rotatable bonds is 3. The summed E-state index contributed by atoms with van der Waals surface area (Å²) in [6, 6.07) is 11.0. The van der Waals surface area contributed by atoms with Gasteiger partial charge in [-0.15, -0.1) is 0 Å². The van der Waals surface area contributed by atoms with Gasteiger partial charge >= 0.3 is 0 Å². The van der Waals surface area contributed by atoms with Crippen molar-refractivity contribution in [3.63, 3.8) is 0 Å². The summed E-state index contributed by atoms with van der Waals surface area (Å²) in [4.78, 5) is 17.4. The first-order valence-corrected chi connectivity index (χ1v) is 9.11. The number of nitrogens with zero attached hydrogens (tertiary/aromatic N) is 2. The summed E-state index contributed by atoms with van der Waals surface area (Å²) in [5.74, 6) is 2.05. The monoisotopic (exact) mass is 386 g/mol. The first-order chi connectivity index (χ1) is 13.1. The second-order valence-corrected chi connectivity index (χ2v) is 6.94. The maximum absolute atomic E-state index is 12.6. The molecule has 0 N–H and O–H groups in total. The standard InChI is InChI=1S/C19H18N2O5S/c1-21-11-8-14(23-2)15(24-3)9-17(11)27-19(21)20-18(22)16-10-25-12-6-4-5-7-13(12)26-16/h4-9,16H,10H2,1-3H3/t16-/m0/s1. The summed E-state index contributed by atoms with van der Waals surface area (Å²) in [6.45, 7) is 0.135. The second kappa shape index (κ2) is 6.96. The molecular formula is C19H18N2O5S. The predicted octanol–water partition coefficient (Wildman–Crippen LogP) is 2.52. The highest BCUT2D eigenvalue weighted by molar-refractivity contribution is 7.16. The molecule has 0 saturated heterocycles. The quantitative estimate of drug-likeness (QED) is 0.692. The van der Waals surface area contributed by atoms with E-state index in [4.69, 9.17) is 18.9 Å². The number of thiazole rings is 1. The second-order valence-electron chi connectivity index (χ2n) is 5.93. The van der Waals surface area contributed by atoms with Crippen LogP contribution in [0.2, 0.25) is 0 Å². The summed E-state index contributed by atoms with van der Waals surface area (Å²) in [7, 11) is 5.03. The van der Waals surface area contributed by atoms with Gasteiger partial charge in [-0.1, -0.05) is 23.5 Å². The van der Waals surface area contributed by atoms with Crippen molar-refractivity contribution in [1.29, 1.82) is 0 Å². The number of carbonyl (C=O) groups excluding carboxylic acids is 1. The Morgan fingerprint density at radius 1 is 1.19 bits per heavy atom. The van der Waals surface area contributed by atoms with Gasteiger partial charge in [-0.25, -0.2) is 0 Å². The third-order valence-corrected chi connectivity index (χ3v) is 5.40. The summed E-state index contributed by atoms with van der Waals surface area (Å²) >= 11 is 1.39. The molecule has 0 aliphatic carbocycles. The minimum Gasteiger partial charge on any atom is -0.493 e. The van der Waals surface area contributed by atoms with Crippen LogP contribution in [0.1, 0.15) is 0 Å². The first kappa shape index (κ1) is 17.4. The van der Waals surface area contributed by atoms with E-state index >= 15 is 0 Å². The van der Waals surface area contributed by atoms with Crippen LogP contribution in [0.3, 0.4) is 0 Å². The van der Waals surface area contributed by atoms with Crippen LogP contribution in [-0.4, -0.2) is 37.4 Å². The van der Waals surface area contributed by atoms with Crippen molar-refractivity contribution in [1.82, 2.24) is 4.57 Å². The Labute approximate surface area is 159 Å². The lowest BCUT2D eigenvalue weighted by molar-refractivity contribution is -0.127. The summed E-state index contributed by atoms with van der Waals surface area (Å²) < 4.78 is 24.8. The maximum Gasteiger partial charge on any atom is 0.292 e.